The summed E-state index contributed by atoms with van der Waals surface area (Å²) in [5.41, 5.74) is 5.79. The Labute approximate surface area is 98.2 Å². The molecule has 0 unspecified atom stereocenters. The lowest BCUT2D eigenvalue weighted by atomic mass is 10.0. The minimum atomic E-state index is -0.528. The minimum absolute atomic E-state index is 0.0534. The van der Waals surface area contributed by atoms with Crippen molar-refractivity contribution < 1.29 is 9.59 Å². The molecule has 0 aromatic rings. The van der Waals surface area contributed by atoms with E-state index in [0.29, 0.717) is 12.3 Å². The van der Waals surface area contributed by atoms with E-state index in [0.717, 1.165) is 0 Å². The van der Waals surface area contributed by atoms with E-state index in [1.165, 1.54) is 4.90 Å². The van der Waals surface area contributed by atoms with E-state index in [1.54, 1.807) is 7.05 Å². The van der Waals surface area contributed by atoms with Gasteiger partial charge in [-0.1, -0.05) is 27.7 Å². The molecule has 0 aromatic heterocycles. The van der Waals surface area contributed by atoms with E-state index < -0.39 is 12.1 Å². The predicted octanol–water partition coefficient (Wildman–Crippen LogP) is 0.952. The van der Waals surface area contributed by atoms with Crippen molar-refractivity contribution >= 4 is 12.2 Å². The van der Waals surface area contributed by atoms with E-state index >= 15 is 0 Å². The van der Waals surface area contributed by atoms with Crippen LogP contribution in [0.2, 0.25) is 0 Å². The van der Waals surface area contributed by atoms with Crippen molar-refractivity contribution in [2.45, 2.75) is 46.2 Å². The molecule has 1 radical (unpaired) electrons. The summed E-state index contributed by atoms with van der Waals surface area (Å²) in [7, 11) is 1.61. The lowest BCUT2D eigenvalue weighted by molar-refractivity contribution is -0.133. The van der Waals surface area contributed by atoms with E-state index in [4.69, 9.17) is 5.73 Å². The van der Waals surface area contributed by atoms with Gasteiger partial charge in [-0.05, 0) is 18.3 Å². The summed E-state index contributed by atoms with van der Waals surface area (Å²) >= 11 is 0. The van der Waals surface area contributed by atoms with Crippen LogP contribution in [0.4, 0.5) is 0 Å². The molecule has 0 aromatic carbocycles. The molecule has 0 aliphatic carbocycles. The van der Waals surface area contributed by atoms with Crippen molar-refractivity contribution in [3.8, 4) is 0 Å². The maximum atomic E-state index is 11.9. The second-order valence-corrected chi connectivity index (χ2v) is 4.99. The molecule has 0 heterocycles. The first-order valence-corrected chi connectivity index (χ1v) is 5.71. The zero-order chi connectivity index (χ0) is 12.9. The van der Waals surface area contributed by atoms with Gasteiger partial charge in [0.15, 0.2) is 0 Å². The normalized spacial score (nSPS) is 15.0. The van der Waals surface area contributed by atoms with Crippen LogP contribution in [0.25, 0.3) is 0 Å². The number of nitrogens with zero attached hydrogens (tertiary/aromatic N) is 1. The molecule has 0 spiro atoms. The molecule has 93 valence electrons. The number of hydrogen-bond donors (Lipinski definition) is 1. The maximum absolute atomic E-state index is 11.9. The smallest absolute Gasteiger partial charge is 0.239 e. The highest BCUT2D eigenvalue weighted by Crippen LogP contribution is 2.11. The van der Waals surface area contributed by atoms with E-state index in [9.17, 15) is 9.59 Å². The molecule has 2 N–H and O–H groups in total. The van der Waals surface area contributed by atoms with Crippen molar-refractivity contribution in [1.29, 1.82) is 0 Å². The number of carbonyl (C=O) groups is 1. The van der Waals surface area contributed by atoms with Crippen LogP contribution in [0.3, 0.4) is 0 Å². The van der Waals surface area contributed by atoms with Crippen molar-refractivity contribution in [3.63, 3.8) is 0 Å². The van der Waals surface area contributed by atoms with Crippen molar-refractivity contribution in [2.24, 2.45) is 17.6 Å². The lowest BCUT2D eigenvalue weighted by Crippen LogP contribution is -2.49. The summed E-state index contributed by atoms with van der Waals surface area (Å²) in [5, 5.41) is 0. The molecule has 0 rings (SSSR count). The fourth-order valence-electron chi connectivity index (χ4n) is 1.67. The maximum Gasteiger partial charge on any atom is 0.239 e. The van der Waals surface area contributed by atoms with E-state index in [1.807, 2.05) is 34.0 Å². The number of carbonyl (C=O) groups excluding carboxylic acids is 2. The molecule has 0 aliphatic heterocycles. The van der Waals surface area contributed by atoms with E-state index in [-0.39, 0.29) is 11.8 Å². The first-order chi connectivity index (χ1) is 7.31. The minimum Gasteiger partial charge on any atom is -0.334 e. The van der Waals surface area contributed by atoms with Gasteiger partial charge in [0, 0.05) is 7.05 Å². The van der Waals surface area contributed by atoms with Crippen LogP contribution in [0.15, 0.2) is 0 Å². The lowest BCUT2D eigenvalue weighted by Gasteiger charge is -2.28. The number of nitrogens with two attached hydrogens (primary N) is 1. The molecule has 0 aliphatic rings. The topological polar surface area (TPSA) is 63.4 Å². The van der Waals surface area contributed by atoms with Crippen LogP contribution in [-0.2, 0) is 9.59 Å². The van der Waals surface area contributed by atoms with Gasteiger partial charge in [0.2, 0.25) is 12.2 Å². The number of rotatable bonds is 6. The summed E-state index contributed by atoms with van der Waals surface area (Å²) < 4.78 is 0. The van der Waals surface area contributed by atoms with Gasteiger partial charge in [-0.2, -0.15) is 0 Å². The van der Waals surface area contributed by atoms with Crippen molar-refractivity contribution in [2.75, 3.05) is 7.05 Å². The Kier molecular flexibility index (Phi) is 6.26. The molecule has 0 saturated carbocycles. The van der Waals surface area contributed by atoms with E-state index in [2.05, 4.69) is 0 Å². The molecule has 1 amide bonds. The molecule has 4 heteroatoms. The van der Waals surface area contributed by atoms with Gasteiger partial charge in [-0.25, -0.2) is 0 Å². The van der Waals surface area contributed by atoms with Gasteiger partial charge in [0.05, 0.1) is 6.04 Å². The molecule has 2 atom stereocenters. The first kappa shape index (κ1) is 15.1. The summed E-state index contributed by atoms with van der Waals surface area (Å²) in [6.45, 7) is 7.79. The van der Waals surface area contributed by atoms with Gasteiger partial charge in [-0.15, -0.1) is 0 Å². The Morgan fingerprint density at radius 3 is 2.12 bits per heavy atom. The van der Waals surface area contributed by atoms with Gasteiger partial charge in [-0.3, -0.25) is 9.59 Å². The quantitative estimate of drug-likeness (QED) is 0.735. The summed E-state index contributed by atoms with van der Waals surface area (Å²) in [6.07, 6.45) is 2.52. The third-order valence-corrected chi connectivity index (χ3v) is 2.56. The van der Waals surface area contributed by atoms with Crippen LogP contribution >= 0.6 is 0 Å². The Hall–Kier alpha value is -0.900. The summed E-state index contributed by atoms with van der Waals surface area (Å²) in [6, 6.07) is -1.04. The van der Waals surface area contributed by atoms with Crippen LogP contribution < -0.4 is 5.73 Å². The van der Waals surface area contributed by atoms with Crippen molar-refractivity contribution in [1.82, 2.24) is 4.90 Å². The molecule has 0 saturated heterocycles. The monoisotopic (exact) mass is 227 g/mol. The number of likely N-dealkylation sites (N-methyl/N-ethyl adjacent to an activating group) is 1. The Morgan fingerprint density at radius 1 is 1.31 bits per heavy atom. The molecule has 0 fully saturated rings. The van der Waals surface area contributed by atoms with Crippen LogP contribution in [0, 0.1) is 11.8 Å². The molecular formula is C12H23N2O2. The molecule has 16 heavy (non-hydrogen) atoms. The fourth-order valence-corrected chi connectivity index (χ4v) is 1.67. The third-order valence-electron chi connectivity index (χ3n) is 2.56. The van der Waals surface area contributed by atoms with Crippen molar-refractivity contribution in [3.05, 3.63) is 0 Å². The average molecular weight is 227 g/mol. The standard InChI is InChI=1S/C12H23N2O2/c1-8(2)6-10(13)12(16)14(5)11(7-15)9(3)4/h8-11H,6,13H2,1-5H3/t10-,11+/m0/s1. The zero-order valence-corrected chi connectivity index (χ0v) is 10.9. The highest BCUT2D eigenvalue weighted by molar-refractivity contribution is 5.84. The zero-order valence-electron chi connectivity index (χ0n) is 10.9. The van der Waals surface area contributed by atoms with Gasteiger partial charge >= 0.3 is 0 Å². The van der Waals surface area contributed by atoms with Gasteiger partial charge in [0.1, 0.15) is 6.04 Å². The second kappa shape index (κ2) is 6.63. The Balaban J connectivity index is 4.52. The van der Waals surface area contributed by atoms with Gasteiger partial charge in [0.25, 0.3) is 0 Å². The van der Waals surface area contributed by atoms with Crippen LogP contribution in [0.5, 0.6) is 0 Å². The molecular weight excluding hydrogens is 204 g/mol. The average Bonchev–Trinajstić information content (AvgIpc) is 2.15. The van der Waals surface area contributed by atoms with Gasteiger partial charge < -0.3 is 10.6 Å². The number of hydrogen-bond acceptors (Lipinski definition) is 3. The highest BCUT2D eigenvalue weighted by Gasteiger charge is 2.27. The summed E-state index contributed by atoms with van der Waals surface area (Å²) in [4.78, 5) is 24.1. The largest absolute Gasteiger partial charge is 0.334 e. The SMILES string of the molecule is CC(C)C[C@H](N)C(=O)N(C)[C@H]([C]=O)C(C)C. The first-order valence-electron chi connectivity index (χ1n) is 5.71. The van der Waals surface area contributed by atoms with Crippen LogP contribution in [0.1, 0.15) is 34.1 Å². The third kappa shape index (κ3) is 4.31. The molecule has 0 bridgehead atoms. The van der Waals surface area contributed by atoms with Crippen LogP contribution in [-0.4, -0.2) is 36.2 Å². The Morgan fingerprint density at radius 2 is 1.81 bits per heavy atom. The predicted molar refractivity (Wildman–Crippen MR) is 64.5 cm³/mol. The highest BCUT2D eigenvalue weighted by atomic mass is 16.2. The fraction of sp³-hybridized carbons (Fsp3) is 0.833. The molecule has 4 nitrogen and oxygen atoms in total. The Bertz CT molecular complexity index is 239. The second-order valence-electron chi connectivity index (χ2n) is 4.99. The summed E-state index contributed by atoms with van der Waals surface area (Å²) in [5.74, 6) is 0.235. The number of amides is 1.